The topological polar surface area (TPSA) is 76.0 Å². The summed E-state index contributed by atoms with van der Waals surface area (Å²) >= 11 is 0. The summed E-state index contributed by atoms with van der Waals surface area (Å²) in [7, 11) is -0.304. The molecule has 20 heavy (non-hydrogen) atoms. The standard InChI is InChI=1S/C12H15FN4O2S/c1-14-6-9-5-10(8-17(9)2)20(18,19)16-12-3-4-15-7-11(12)13/h3-5,7-8,14H,6H2,1-2H3,(H,15,16). The van der Waals surface area contributed by atoms with Crippen molar-refractivity contribution in [2.75, 3.05) is 11.8 Å². The SMILES string of the molecule is CNCc1cc(S(=O)(=O)Nc2ccncc2F)cn1C. The molecule has 0 aliphatic heterocycles. The Kier molecular flexibility index (Phi) is 4.05. The third-order valence-corrected chi connectivity index (χ3v) is 4.10. The smallest absolute Gasteiger partial charge is 0.263 e. The van der Waals surface area contributed by atoms with Crippen LogP contribution in [0.2, 0.25) is 0 Å². The van der Waals surface area contributed by atoms with Crippen molar-refractivity contribution in [3.05, 3.63) is 42.2 Å². The Morgan fingerprint density at radius 2 is 2.20 bits per heavy atom. The van der Waals surface area contributed by atoms with Crippen molar-refractivity contribution < 1.29 is 12.8 Å². The van der Waals surface area contributed by atoms with Gasteiger partial charge < -0.3 is 9.88 Å². The molecule has 6 nitrogen and oxygen atoms in total. The second-order valence-corrected chi connectivity index (χ2v) is 5.95. The molecule has 0 radical (unpaired) electrons. The summed E-state index contributed by atoms with van der Waals surface area (Å²) in [6.45, 7) is 0.537. The van der Waals surface area contributed by atoms with Gasteiger partial charge in [-0.1, -0.05) is 0 Å². The van der Waals surface area contributed by atoms with Crippen molar-refractivity contribution >= 4 is 15.7 Å². The van der Waals surface area contributed by atoms with Crippen LogP contribution < -0.4 is 10.0 Å². The van der Waals surface area contributed by atoms with Gasteiger partial charge in [0.25, 0.3) is 10.0 Å². The lowest BCUT2D eigenvalue weighted by Gasteiger charge is -2.06. The number of halogens is 1. The van der Waals surface area contributed by atoms with Crippen LogP contribution in [0.15, 0.2) is 35.6 Å². The van der Waals surface area contributed by atoms with Gasteiger partial charge in [-0.2, -0.15) is 0 Å². The number of aryl methyl sites for hydroxylation is 1. The summed E-state index contributed by atoms with van der Waals surface area (Å²) in [5.41, 5.74) is 0.682. The fourth-order valence-electron chi connectivity index (χ4n) is 1.74. The van der Waals surface area contributed by atoms with Crippen molar-refractivity contribution in [3.8, 4) is 0 Å². The van der Waals surface area contributed by atoms with Crippen LogP contribution in [0.4, 0.5) is 10.1 Å². The third-order valence-electron chi connectivity index (χ3n) is 2.77. The maximum absolute atomic E-state index is 13.4. The van der Waals surface area contributed by atoms with Crippen molar-refractivity contribution in [3.63, 3.8) is 0 Å². The average molecular weight is 298 g/mol. The van der Waals surface area contributed by atoms with E-state index in [4.69, 9.17) is 0 Å². The highest BCUT2D eigenvalue weighted by atomic mass is 32.2. The predicted octanol–water partition coefficient (Wildman–Crippen LogP) is 1.08. The zero-order valence-electron chi connectivity index (χ0n) is 11.1. The Hall–Kier alpha value is -1.93. The summed E-state index contributed by atoms with van der Waals surface area (Å²) < 4.78 is 41.7. The number of pyridine rings is 1. The molecule has 0 fully saturated rings. The van der Waals surface area contributed by atoms with Gasteiger partial charge in [0.15, 0.2) is 5.82 Å². The number of nitrogens with zero attached hydrogens (tertiary/aromatic N) is 2. The Bertz CT molecular complexity index is 712. The maximum atomic E-state index is 13.4. The monoisotopic (exact) mass is 298 g/mol. The van der Waals surface area contributed by atoms with Crippen LogP contribution in [0.1, 0.15) is 5.69 Å². The molecule has 2 aromatic heterocycles. The predicted molar refractivity (Wildman–Crippen MR) is 73.2 cm³/mol. The van der Waals surface area contributed by atoms with Crippen molar-refractivity contribution in [1.29, 1.82) is 0 Å². The summed E-state index contributed by atoms with van der Waals surface area (Å²) in [4.78, 5) is 3.65. The molecule has 0 saturated heterocycles. The van der Waals surface area contributed by atoms with E-state index in [0.29, 0.717) is 6.54 Å². The fourth-order valence-corrected chi connectivity index (χ4v) is 2.90. The Labute approximate surface area is 116 Å². The first kappa shape index (κ1) is 14.5. The summed E-state index contributed by atoms with van der Waals surface area (Å²) in [5, 5.41) is 2.94. The van der Waals surface area contributed by atoms with Gasteiger partial charge in [0.1, 0.15) is 4.90 Å². The largest absolute Gasteiger partial charge is 0.352 e. The number of aromatic nitrogens is 2. The van der Waals surface area contributed by atoms with Crippen LogP contribution in [0.5, 0.6) is 0 Å². The van der Waals surface area contributed by atoms with Crippen LogP contribution >= 0.6 is 0 Å². The molecule has 0 spiro atoms. The molecule has 108 valence electrons. The van der Waals surface area contributed by atoms with E-state index in [1.807, 2.05) is 0 Å². The van der Waals surface area contributed by atoms with Gasteiger partial charge in [-0.05, 0) is 19.2 Å². The van der Waals surface area contributed by atoms with E-state index in [1.165, 1.54) is 24.5 Å². The lowest BCUT2D eigenvalue weighted by atomic mass is 10.4. The molecule has 0 aliphatic rings. The van der Waals surface area contributed by atoms with Gasteiger partial charge in [0.05, 0.1) is 11.9 Å². The van der Waals surface area contributed by atoms with E-state index in [1.54, 1.807) is 18.7 Å². The van der Waals surface area contributed by atoms with Gasteiger partial charge in [-0.25, -0.2) is 12.8 Å². The second kappa shape index (κ2) is 5.59. The molecule has 0 bridgehead atoms. The molecule has 2 aromatic rings. The number of nitrogens with one attached hydrogen (secondary N) is 2. The highest BCUT2D eigenvalue weighted by molar-refractivity contribution is 7.92. The lowest BCUT2D eigenvalue weighted by Crippen LogP contribution is -2.13. The van der Waals surface area contributed by atoms with E-state index in [9.17, 15) is 12.8 Å². The zero-order valence-corrected chi connectivity index (χ0v) is 11.9. The maximum Gasteiger partial charge on any atom is 0.263 e. The minimum Gasteiger partial charge on any atom is -0.352 e. The van der Waals surface area contributed by atoms with Gasteiger partial charge >= 0.3 is 0 Å². The first-order valence-electron chi connectivity index (χ1n) is 5.86. The molecular formula is C12H15FN4O2S. The Morgan fingerprint density at radius 3 is 2.85 bits per heavy atom. The molecule has 8 heteroatoms. The molecule has 0 atom stereocenters. The molecule has 0 saturated carbocycles. The van der Waals surface area contributed by atoms with Crippen LogP contribution in [0.3, 0.4) is 0 Å². The number of rotatable bonds is 5. The quantitative estimate of drug-likeness (QED) is 0.866. The number of anilines is 1. The second-order valence-electron chi connectivity index (χ2n) is 4.27. The van der Waals surface area contributed by atoms with E-state index < -0.39 is 15.8 Å². The van der Waals surface area contributed by atoms with Crippen LogP contribution in [0.25, 0.3) is 0 Å². The molecular weight excluding hydrogens is 283 g/mol. The molecule has 2 rings (SSSR count). The third kappa shape index (κ3) is 2.97. The molecule has 2 heterocycles. The van der Waals surface area contributed by atoms with Crippen LogP contribution in [-0.4, -0.2) is 25.0 Å². The highest BCUT2D eigenvalue weighted by Crippen LogP contribution is 2.19. The Balaban J connectivity index is 2.31. The summed E-state index contributed by atoms with van der Waals surface area (Å²) in [6.07, 6.45) is 3.75. The molecule has 0 unspecified atom stereocenters. The number of hydrogen-bond donors (Lipinski definition) is 2. The van der Waals surface area contributed by atoms with Crippen molar-refractivity contribution in [2.45, 2.75) is 11.4 Å². The van der Waals surface area contributed by atoms with E-state index in [-0.39, 0.29) is 10.6 Å². The minimum atomic E-state index is -3.82. The van der Waals surface area contributed by atoms with Crippen LogP contribution in [-0.2, 0) is 23.6 Å². The van der Waals surface area contributed by atoms with Gasteiger partial charge in [0.2, 0.25) is 0 Å². The summed E-state index contributed by atoms with van der Waals surface area (Å²) in [6, 6.07) is 2.81. The summed E-state index contributed by atoms with van der Waals surface area (Å²) in [5.74, 6) is -0.720. The van der Waals surface area contributed by atoms with E-state index >= 15 is 0 Å². The van der Waals surface area contributed by atoms with Gasteiger partial charge in [-0.3, -0.25) is 9.71 Å². The average Bonchev–Trinajstić information content (AvgIpc) is 2.75. The van der Waals surface area contributed by atoms with E-state index in [0.717, 1.165) is 11.9 Å². The molecule has 0 aromatic carbocycles. The minimum absolute atomic E-state index is 0.0847. The lowest BCUT2D eigenvalue weighted by molar-refractivity contribution is 0.598. The highest BCUT2D eigenvalue weighted by Gasteiger charge is 2.19. The molecule has 0 amide bonds. The normalized spacial score (nSPS) is 11.6. The van der Waals surface area contributed by atoms with Crippen molar-refractivity contribution in [1.82, 2.24) is 14.9 Å². The van der Waals surface area contributed by atoms with E-state index in [2.05, 4.69) is 15.0 Å². The zero-order chi connectivity index (χ0) is 14.8. The Morgan fingerprint density at radius 1 is 1.45 bits per heavy atom. The fraction of sp³-hybridized carbons (Fsp3) is 0.250. The van der Waals surface area contributed by atoms with Crippen molar-refractivity contribution in [2.24, 2.45) is 7.05 Å². The van der Waals surface area contributed by atoms with Gasteiger partial charge in [0, 0.05) is 31.7 Å². The number of sulfonamides is 1. The number of hydrogen-bond acceptors (Lipinski definition) is 4. The molecule has 0 aliphatic carbocycles. The van der Waals surface area contributed by atoms with Crippen LogP contribution in [0, 0.1) is 5.82 Å². The molecule has 2 N–H and O–H groups in total. The van der Waals surface area contributed by atoms with Gasteiger partial charge in [-0.15, -0.1) is 0 Å². The first-order valence-corrected chi connectivity index (χ1v) is 7.34. The first-order chi connectivity index (χ1) is 9.44.